The molecule has 2 unspecified atom stereocenters. The summed E-state index contributed by atoms with van der Waals surface area (Å²) in [5.41, 5.74) is 0. The van der Waals surface area contributed by atoms with E-state index in [9.17, 15) is 19.2 Å². The van der Waals surface area contributed by atoms with E-state index in [1.165, 1.54) is 103 Å². The van der Waals surface area contributed by atoms with Gasteiger partial charge in [-0.3, -0.25) is 19.2 Å². The summed E-state index contributed by atoms with van der Waals surface area (Å²) in [7, 11) is 1.13. The van der Waals surface area contributed by atoms with Gasteiger partial charge in [0.15, 0.2) is 0 Å². The quantitative estimate of drug-likeness (QED) is 0.0191. The van der Waals surface area contributed by atoms with Crippen molar-refractivity contribution in [2.45, 2.75) is 216 Å². The van der Waals surface area contributed by atoms with E-state index < -0.39 is 12.0 Å². The fourth-order valence-electron chi connectivity index (χ4n) is 5.92. The van der Waals surface area contributed by atoms with Gasteiger partial charge in [0.1, 0.15) is 11.8 Å². The van der Waals surface area contributed by atoms with Crippen LogP contribution in [0.1, 0.15) is 204 Å². The number of ether oxygens (including phenoxy) is 2. The first-order chi connectivity index (χ1) is 31.5. The Balaban J connectivity index is -0.000000298. The van der Waals surface area contributed by atoms with Crippen LogP contribution < -0.4 is 10.6 Å². The van der Waals surface area contributed by atoms with Crippen LogP contribution in [0.25, 0.3) is 0 Å². The lowest BCUT2D eigenvalue weighted by Gasteiger charge is -2.17. The number of hydrogen-bond acceptors (Lipinski definition) is 21. The van der Waals surface area contributed by atoms with Crippen molar-refractivity contribution in [1.29, 1.82) is 0 Å². The lowest BCUT2D eigenvalue weighted by molar-refractivity contribution is -0.862. The number of Topliss-reactive ketones (excluding diaryl/α,β-unsaturated/α-hetero) is 1. The molecule has 0 bridgehead atoms. The van der Waals surface area contributed by atoms with Crippen LogP contribution in [0.5, 0.6) is 0 Å². The molecular weight excluding hydrogens is 905 g/mol. The van der Waals surface area contributed by atoms with Crippen molar-refractivity contribution >= 4 is 35.5 Å². The van der Waals surface area contributed by atoms with Crippen molar-refractivity contribution < 1.29 is 94.3 Å². The molecule has 0 amide bonds. The molecule has 0 saturated carbocycles. The number of carbonyl (C=O) groups is 4. The first kappa shape index (κ1) is 73.8. The van der Waals surface area contributed by atoms with E-state index in [-0.39, 0.29) is 45.0 Å². The first-order valence-corrected chi connectivity index (χ1v) is 24.7. The van der Waals surface area contributed by atoms with Gasteiger partial charge in [0, 0.05) is 13.1 Å². The predicted molar refractivity (Wildman–Crippen MR) is 253 cm³/mol. The topological polar surface area (TPSA) is 253 Å². The van der Waals surface area contributed by atoms with Crippen molar-refractivity contribution in [2.75, 3.05) is 45.4 Å². The van der Waals surface area contributed by atoms with Gasteiger partial charge in [-0.2, -0.15) is 11.8 Å². The summed E-state index contributed by atoms with van der Waals surface area (Å²) in [6.45, 7) is 12.1. The highest BCUT2D eigenvalue weighted by atomic mass is 32.2. The fourth-order valence-corrected chi connectivity index (χ4v) is 6.40. The number of ketones is 1. The Morgan fingerprint density at radius 1 is 0.552 bits per heavy atom. The van der Waals surface area contributed by atoms with Crippen LogP contribution in [-0.4, -0.2) is 91.6 Å². The van der Waals surface area contributed by atoms with Crippen molar-refractivity contribution in [1.82, 2.24) is 10.6 Å². The Labute approximate surface area is 406 Å². The molecule has 0 heterocycles. The molecule has 0 aromatic rings. The third kappa shape index (κ3) is 63.9. The van der Waals surface area contributed by atoms with Gasteiger partial charge >= 0.3 is 17.9 Å². The van der Waals surface area contributed by atoms with Gasteiger partial charge in [-0.25, -0.2) is 10.1 Å². The maximum absolute atomic E-state index is 11.7. The molecule has 0 fully saturated rings. The largest absolute Gasteiger partial charge is 0.480 e. The summed E-state index contributed by atoms with van der Waals surface area (Å²) in [6, 6.07) is -0.734. The second-order valence-electron chi connectivity index (χ2n) is 15.5. The molecule has 67 heavy (non-hydrogen) atoms. The van der Waals surface area contributed by atoms with Crippen molar-refractivity contribution in [2.24, 2.45) is 5.92 Å². The van der Waals surface area contributed by atoms with Crippen molar-refractivity contribution in [3.63, 3.8) is 0 Å². The summed E-state index contributed by atoms with van der Waals surface area (Å²) >= 11 is 1.62. The van der Waals surface area contributed by atoms with Gasteiger partial charge in [0.25, 0.3) is 0 Å². The SMILES string of the molecule is C.C.CCCCCCCCCCCCOC(=O)CCNC(CC(C)C)C(C)=O.CCCCCCCCCCCCOC(=O)CCNC(CCSC)C(=O)O.COOOOOOOOOOOO. The Bertz CT molecular complexity index is 1030. The number of carbonyl (C=O) groups excluding carboxylic acids is 3. The third-order valence-electron chi connectivity index (χ3n) is 9.39. The first-order valence-electron chi connectivity index (χ1n) is 23.3. The minimum Gasteiger partial charge on any atom is -0.480 e. The van der Waals surface area contributed by atoms with E-state index >= 15 is 0 Å². The molecule has 0 saturated heterocycles. The van der Waals surface area contributed by atoms with Gasteiger partial charge in [0.2, 0.25) is 0 Å². The van der Waals surface area contributed by atoms with E-state index in [0.29, 0.717) is 45.1 Å². The van der Waals surface area contributed by atoms with Gasteiger partial charge in [0.05, 0.1) is 39.2 Å². The van der Waals surface area contributed by atoms with Crippen LogP contribution in [-0.2, 0) is 83.9 Å². The van der Waals surface area contributed by atoms with Gasteiger partial charge in [-0.15, -0.1) is 0 Å². The highest BCUT2D eigenvalue weighted by molar-refractivity contribution is 7.98. The summed E-state index contributed by atoms with van der Waals surface area (Å²) in [5, 5.41) is 56.7. The van der Waals surface area contributed by atoms with E-state index in [2.05, 4.69) is 93.6 Å². The van der Waals surface area contributed by atoms with Gasteiger partial charge < -0.3 is 25.2 Å². The van der Waals surface area contributed by atoms with Crippen molar-refractivity contribution in [3.8, 4) is 0 Å². The molecule has 22 heteroatoms. The number of nitrogens with one attached hydrogen (secondary N) is 2. The van der Waals surface area contributed by atoms with Crippen LogP contribution >= 0.6 is 11.8 Å². The number of esters is 2. The van der Waals surface area contributed by atoms with Crippen molar-refractivity contribution in [3.05, 3.63) is 0 Å². The maximum atomic E-state index is 11.7. The fraction of sp³-hybridized carbons (Fsp3) is 0.911. The summed E-state index contributed by atoms with van der Waals surface area (Å²) in [4.78, 5) is 49.9. The van der Waals surface area contributed by atoms with Crippen LogP contribution in [0.3, 0.4) is 0 Å². The molecule has 404 valence electrons. The minimum atomic E-state index is -0.863. The molecule has 4 N–H and O–H groups in total. The Morgan fingerprint density at radius 3 is 1.24 bits per heavy atom. The lowest BCUT2D eigenvalue weighted by atomic mass is 10.0. The highest BCUT2D eigenvalue weighted by Crippen LogP contribution is 2.12. The molecule has 21 nitrogen and oxygen atoms in total. The zero-order valence-corrected chi connectivity index (χ0v) is 41.3. The number of hydrogen-bond donors (Lipinski definition) is 4. The zero-order chi connectivity index (χ0) is 48.9. The summed E-state index contributed by atoms with van der Waals surface area (Å²) < 4.78 is 10.5. The maximum Gasteiger partial charge on any atom is 0.320 e. The Kier molecular flexibility index (Phi) is 68.2. The Morgan fingerprint density at radius 2 is 0.910 bits per heavy atom. The second kappa shape index (κ2) is 61.9. The monoisotopic (exact) mass is 999 g/mol. The molecule has 0 aliphatic heterocycles. The highest BCUT2D eigenvalue weighted by Gasteiger charge is 2.17. The second-order valence-corrected chi connectivity index (χ2v) is 16.5. The van der Waals surface area contributed by atoms with Crippen LogP contribution in [0.2, 0.25) is 0 Å². The Hall–Kier alpha value is -2.13. The molecule has 2 atom stereocenters. The summed E-state index contributed by atoms with van der Waals surface area (Å²) in [6.07, 6.45) is 29.2. The van der Waals surface area contributed by atoms with E-state index in [1.54, 1.807) is 18.7 Å². The van der Waals surface area contributed by atoms with Crippen LogP contribution in [0.4, 0.5) is 0 Å². The number of carboxylic acid groups (broad SMARTS) is 1. The van der Waals surface area contributed by atoms with Gasteiger partial charge in [-0.05, 0) is 101 Å². The standard InChI is InChI=1S/C22H43NO3.C20H39NO4S.CH4O12.2CH4/c1-5-6-7-8-9-10-11-12-13-14-17-26-22(25)15-16-23-21(20(4)24)18-19(2)3;1-3-4-5-6-7-8-9-10-11-12-16-25-19(22)13-15-21-18(20(23)24)14-17-26-2;1-3-5-7-9-11-13-12-10-8-6-4-2;;/h19,21,23H,5-18H2,1-4H3;18,21H,3-17H2,1-2H3,(H,23,24);2H,1H3;2*1H4. The smallest absolute Gasteiger partial charge is 0.320 e. The minimum absolute atomic E-state index is 0. The van der Waals surface area contributed by atoms with Crippen LogP contribution in [0, 0.1) is 5.92 Å². The molecule has 0 radical (unpaired) electrons. The van der Waals surface area contributed by atoms with Crippen LogP contribution in [0.15, 0.2) is 0 Å². The number of thioether (sulfide) groups is 1. The predicted octanol–water partition coefficient (Wildman–Crippen LogP) is 10.8. The van der Waals surface area contributed by atoms with E-state index in [1.807, 2.05) is 6.26 Å². The van der Waals surface area contributed by atoms with E-state index in [4.69, 9.17) is 19.8 Å². The normalized spacial score (nSPS) is 11.5. The lowest BCUT2D eigenvalue weighted by Crippen LogP contribution is -2.38. The molecule has 0 aliphatic carbocycles. The number of rotatable bonds is 47. The van der Waals surface area contributed by atoms with E-state index in [0.717, 1.165) is 45.0 Å². The van der Waals surface area contributed by atoms with Gasteiger partial charge in [-0.1, -0.05) is 158 Å². The molecule has 0 aromatic heterocycles. The average Bonchev–Trinajstić information content (AvgIpc) is 3.27. The molecule has 0 aliphatic rings. The molecule has 0 aromatic carbocycles. The zero-order valence-electron chi connectivity index (χ0n) is 40.5. The number of unbranched alkanes of at least 4 members (excludes halogenated alkanes) is 18. The molecule has 0 spiro atoms. The number of carboxylic acids is 1. The average molecular weight is 999 g/mol. The third-order valence-corrected chi connectivity index (χ3v) is 10.0. The number of aliphatic carboxylic acids is 1. The molecular formula is C45H94N2O19S. The molecule has 0 rings (SSSR count). The summed E-state index contributed by atoms with van der Waals surface area (Å²) in [5.74, 6) is 0.102.